The zero-order valence-corrected chi connectivity index (χ0v) is 25.8. The smallest absolute Gasteiger partial charge is 0.285 e. The molecule has 4 aliphatic rings. The summed E-state index contributed by atoms with van der Waals surface area (Å²) in [6, 6.07) is -0.647. The van der Waals surface area contributed by atoms with Crippen molar-refractivity contribution in [2.24, 2.45) is 39.7 Å². The Balaban J connectivity index is 1.60. The molecule has 8 nitrogen and oxygen atoms in total. The van der Waals surface area contributed by atoms with Crippen molar-refractivity contribution in [2.45, 2.75) is 117 Å². The van der Waals surface area contributed by atoms with Crippen LogP contribution in [0.5, 0.6) is 0 Å². The number of hydrogen-bond acceptors (Lipinski definition) is 6. The van der Waals surface area contributed by atoms with Gasteiger partial charge in [0.15, 0.2) is 5.78 Å². The first-order valence-corrected chi connectivity index (χ1v) is 15.3. The average molecular weight is 558 g/mol. The summed E-state index contributed by atoms with van der Waals surface area (Å²) in [5, 5.41) is 0. The summed E-state index contributed by atoms with van der Waals surface area (Å²) in [5.41, 5.74) is 4.64. The van der Waals surface area contributed by atoms with E-state index in [9.17, 15) is 24.0 Å². The number of likely N-dealkylation sites (tertiary alicyclic amines) is 2. The SMILES string of the molecule is CN1CC2(C[C@@H](C(=O)CC(CC3CCC3)C(=O)C(N)=O)N(C(=O)[C@@H](CC(=O)CC(C)(C)C)C(C)(C)C)C2)C12CC2. The molecule has 2 N–H and O–H groups in total. The Bertz CT molecular complexity index is 1060. The molecule has 2 aliphatic carbocycles. The highest BCUT2D eigenvalue weighted by Crippen LogP contribution is 2.66. The van der Waals surface area contributed by atoms with Gasteiger partial charge in [0.25, 0.3) is 5.91 Å². The van der Waals surface area contributed by atoms with E-state index < -0.39 is 35.0 Å². The largest absolute Gasteiger partial charge is 0.363 e. The molecule has 4 atom stereocenters. The normalized spacial score (nSPS) is 27.7. The molecule has 2 heterocycles. The molecule has 2 spiro atoms. The Morgan fingerprint density at radius 3 is 2.02 bits per heavy atom. The maximum atomic E-state index is 14.4. The Morgan fingerprint density at radius 2 is 1.57 bits per heavy atom. The molecule has 0 bridgehead atoms. The number of rotatable bonds is 11. The highest BCUT2D eigenvalue weighted by Gasteiger charge is 2.73. The summed E-state index contributed by atoms with van der Waals surface area (Å²) in [6.45, 7) is 13.4. The molecule has 224 valence electrons. The Labute approximate surface area is 240 Å². The molecule has 0 aromatic rings. The summed E-state index contributed by atoms with van der Waals surface area (Å²) >= 11 is 0. The zero-order valence-electron chi connectivity index (χ0n) is 25.8. The lowest BCUT2D eigenvalue weighted by Gasteiger charge is -2.56. The first kappa shape index (κ1) is 30.9. The Hall–Kier alpha value is -2.09. The second kappa shape index (κ2) is 10.6. The number of primary amides is 1. The molecule has 2 saturated carbocycles. The van der Waals surface area contributed by atoms with E-state index in [-0.39, 0.29) is 46.7 Å². The third kappa shape index (κ3) is 5.93. The van der Waals surface area contributed by atoms with Crippen LogP contribution in [0.3, 0.4) is 0 Å². The standard InChI is InChI=1S/C32H51N3O5/c1-29(2,3)16-22(36)15-23(30(4,5)6)28(40)35-19-31(18-34(7)32(31)11-12-32)17-24(35)25(37)14-21(26(38)27(33)39)13-20-9-8-10-20/h20-21,23-24H,8-19H2,1-7H3,(H2,33,39)/t21?,23-,24+,31?/m1/s1. The molecule has 40 heavy (non-hydrogen) atoms. The van der Waals surface area contributed by atoms with Crippen molar-refractivity contribution < 1.29 is 24.0 Å². The van der Waals surface area contributed by atoms with Gasteiger partial charge in [-0.05, 0) is 49.5 Å². The molecule has 0 aromatic heterocycles. The van der Waals surface area contributed by atoms with Gasteiger partial charge < -0.3 is 10.6 Å². The lowest BCUT2D eigenvalue weighted by atomic mass is 9.67. The van der Waals surface area contributed by atoms with Crippen LogP contribution in [-0.2, 0) is 24.0 Å². The number of amides is 2. The summed E-state index contributed by atoms with van der Waals surface area (Å²) in [5.74, 6) is -2.82. The quantitative estimate of drug-likeness (QED) is 0.385. The van der Waals surface area contributed by atoms with Crippen LogP contribution in [0.15, 0.2) is 0 Å². The minimum Gasteiger partial charge on any atom is -0.363 e. The van der Waals surface area contributed by atoms with Gasteiger partial charge in [-0.1, -0.05) is 60.8 Å². The van der Waals surface area contributed by atoms with Gasteiger partial charge in [0.1, 0.15) is 5.78 Å². The van der Waals surface area contributed by atoms with Gasteiger partial charge in [0, 0.05) is 55.1 Å². The molecule has 4 rings (SSSR count). The first-order chi connectivity index (χ1) is 18.4. The molecular weight excluding hydrogens is 506 g/mol. The minimum atomic E-state index is -0.990. The van der Waals surface area contributed by atoms with E-state index in [2.05, 4.69) is 11.9 Å². The van der Waals surface area contributed by atoms with Gasteiger partial charge in [-0.25, -0.2) is 0 Å². The maximum absolute atomic E-state index is 14.4. The predicted octanol–water partition coefficient (Wildman–Crippen LogP) is 3.93. The Kier molecular flexibility index (Phi) is 8.20. The fourth-order valence-corrected chi connectivity index (χ4v) is 7.90. The van der Waals surface area contributed by atoms with E-state index in [0.717, 1.165) is 38.6 Å². The van der Waals surface area contributed by atoms with Crippen LogP contribution in [0, 0.1) is 34.0 Å². The predicted molar refractivity (Wildman–Crippen MR) is 153 cm³/mol. The topological polar surface area (TPSA) is 118 Å². The van der Waals surface area contributed by atoms with Crippen molar-refractivity contribution >= 4 is 29.2 Å². The Morgan fingerprint density at radius 1 is 0.950 bits per heavy atom. The van der Waals surface area contributed by atoms with Gasteiger partial charge in [0.05, 0.1) is 6.04 Å². The molecule has 2 saturated heterocycles. The monoisotopic (exact) mass is 557 g/mol. The van der Waals surface area contributed by atoms with E-state index in [1.165, 1.54) is 0 Å². The first-order valence-electron chi connectivity index (χ1n) is 15.3. The van der Waals surface area contributed by atoms with E-state index in [1.807, 2.05) is 41.5 Å². The number of ketones is 3. The van der Waals surface area contributed by atoms with Crippen molar-refractivity contribution in [2.75, 3.05) is 20.1 Å². The molecule has 0 radical (unpaired) electrons. The van der Waals surface area contributed by atoms with Gasteiger partial charge >= 0.3 is 0 Å². The third-order valence-electron chi connectivity index (χ3n) is 10.5. The fraction of sp³-hybridized carbons (Fsp3) is 0.844. The van der Waals surface area contributed by atoms with Crippen LogP contribution in [-0.4, -0.2) is 70.7 Å². The number of nitrogens with zero attached hydrogens (tertiary/aromatic N) is 2. The number of Topliss-reactive ketones (excluding diaryl/α,β-unsaturated/α-hetero) is 3. The summed E-state index contributed by atoms with van der Waals surface area (Å²) in [6.07, 6.45) is 6.78. The van der Waals surface area contributed by atoms with Crippen molar-refractivity contribution in [1.29, 1.82) is 0 Å². The molecule has 4 fully saturated rings. The van der Waals surface area contributed by atoms with Gasteiger partial charge in [-0.15, -0.1) is 0 Å². The number of carbonyl (C=O) groups excluding carboxylic acids is 5. The molecular formula is C32H51N3O5. The van der Waals surface area contributed by atoms with E-state index in [4.69, 9.17) is 5.73 Å². The van der Waals surface area contributed by atoms with Crippen LogP contribution in [0.25, 0.3) is 0 Å². The second-order valence-corrected chi connectivity index (χ2v) is 15.9. The average Bonchev–Trinajstić information content (AvgIpc) is 3.55. The van der Waals surface area contributed by atoms with Crippen molar-refractivity contribution in [3.63, 3.8) is 0 Å². The van der Waals surface area contributed by atoms with Crippen molar-refractivity contribution in [3.8, 4) is 0 Å². The van der Waals surface area contributed by atoms with Gasteiger partial charge in [-0.2, -0.15) is 0 Å². The van der Waals surface area contributed by atoms with E-state index in [1.54, 1.807) is 4.90 Å². The van der Waals surface area contributed by atoms with Crippen molar-refractivity contribution in [1.82, 2.24) is 9.80 Å². The van der Waals surface area contributed by atoms with Crippen molar-refractivity contribution in [3.05, 3.63) is 0 Å². The van der Waals surface area contributed by atoms with Crippen LogP contribution in [0.2, 0.25) is 0 Å². The van der Waals surface area contributed by atoms with Crippen LogP contribution in [0.1, 0.15) is 106 Å². The van der Waals surface area contributed by atoms with E-state index >= 15 is 0 Å². The van der Waals surface area contributed by atoms with E-state index in [0.29, 0.717) is 31.7 Å². The minimum absolute atomic E-state index is 0.0359. The summed E-state index contributed by atoms with van der Waals surface area (Å²) < 4.78 is 0. The lowest BCUT2D eigenvalue weighted by Crippen LogP contribution is -2.66. The number of carbonyl (C=O) groups is 5. The molecule has 0 aromatic carbocycles. The second-order valence-electron chi connectivity index (χ2n) is 15.9. The number of nitrogens with two attached hydrogens (primary N) is 1. The van der Waals surface area contributed by atoms with Gasteiger partial charge in [-0.3, -0.25) is 28.9 Å². The number of hydrogen-bond donors (Lipinski definition) is 1. The highest BCUT2D eigenvalue weighted by atomic mass is 16.2. The molecule has 8 heteroatoms. The third-order valence-corrected chi connectivity index (χ3v) is 10.5. The molecule has 2 unspecified atom stereocenters. The highest BCUT2D eigenvalue weighted by molar-refractivity contribution is 6.36. The number of fused-ring (bicyclic) bond motifs is 1. The maximum Gasteiger partial charge on any atom is 0.285 e. The lowest BCUT2D eigenvalue weighted by molar-refractivity contribution is -0.147. The molecule has 2 amide bonds. The van der Waals surface area contributed by atoms with Crippen LogP contribution >= 0.6 is 0 Å². The molecule has 2 aliphatic heterocycles. The summed E-state index contributed by atoms with van der Waals surface area (Å²) in [4.78, 5) is 70.2. The fourth-order valence-electron chi connectivity index (χ4n) is 7.90. The van der Waals surface area contributed by atoms with Gasteiger partial charge in [0.2, 0.25) is 11.7 Å². The van der Waals surface area contributed by atoms with Crippen LogP contribution in [0.4, 0.5) is 0 Å². The van der Waals surface area contributed by atoms with Crippen LogP contribution < -0.4 is 5.73 Å². The zero-order chi connectivity index (χ0) is 29.8. The summed E-state index contributed by atoms with van der Waals surface area (Å²) in [7, 11) is 2.11.